The van der Waals surface area contributed by atoms with E-state index >= 15 is 0 Å². The Hall–Kier alpha value is -3.88. The number of rotatable bonds is 5. The predicted octanol–water partition coefficient (Wildman–Crippen LogP) is 7.49. The van der Waals surface area contributed by atoms with Crippen LogP contribution < -0.4 is 10.6 Å². The van der Waals surface area contributed by atoms with E-state index in [9.17, 15) is 9.59 Å². The van der Waals surface area contributed by atoms with Gasteiger partial charge in [0, 0.05) is 22.0 Å². The molecule has 202 valence electrons. The van der Waals surface area contributed by atoms with Crippen molar-refractivity contribution in [3.05, 3.63) is 104 Å². The summed E-state index contributed by atoms with van der Waals surface area (Å²) in [6.45, 7) is 6.14. The summed E-state index contributed by atoms with van der Waals surface area (Å²) < 4.78 is 2.18. The molecular formula is C32H30N4O2S2. The molecule has 1 aliphatic carbocycles. The summed E-state index contributed by atoms with van der Waals surface area (Å²) in [4.78, 5) is 33.0. The van der Waals surface area contributed by atoms with Crippen molar-refractivity contribution in [2.45, 2.75) is 46.5 Å². The van der Waals surface area contributed by atoms with Crippen LogP contribution in [-0.4, -0.2) is 21.5 Å². The minimum atomic E-state index is -0.158. The molecule has 6 nitrogen and oxygen atoms in total. The normalized spacial score (nSPS) is 16.8. The van der Waals surface area contributed by atoms with Crippen LogP contribution in [0, 0.1) is 20.8 Å². The summed E-state index contributed by atoms with van der Waals surface area (Å²) in [5, 5.41) is 7.53. The Kier molecular flexibility index (Phi) is 7.21. The number of hydrogen-bond acceptors (Lipinski definition) is 5. The summed E-state index contributed by atoms with van der Waals surface area (Å²) >= 11 is 3.06. The SMILES string of the molecule is Cc1ccc(NC(=O)c2c(-n3c(C)cc(/C=C4\SC(=Nc5ccccc5)NC4=O)c3C)sc3c2CCCC3)cc1. The van der Waals surface area contributed by atoms with Gasteiger partial charge >= 0.3 is 0 Å². The second-order valence-corrected chi connectivity index (χ2v) is 12.3. The van der Waals surface area contributed by atoms with Crippen LogP contribution in [0.25, 0.3) is 11.1 Å². The van der Waals surface area contributed by atoms with Crippen LogP contribution >= 0.6 is 23.1 Å². The summed E-state index contributed by atoms with van der Waals surface area (Å²) in [6.07, 6.45) is 6.08. The average molecular weight is 567 g/mol. The van der Waals surface area contributed by atoms with Crippen molar-refractivity contribution in [2.24, 2.45) is 4.99 Å². The number of aliphatic imine (C=N–C) groups is 1. The first-order chi connectivity index (χ1) is 19.4. The molecular weight excluding hydrogens is 537 g/mol. The topological polar surface area (TPSA) is 75.5 Å². The maximum Gasteiger partial charge on any atom is 0.264 e. The van der Waals surface area contributed by atoms with Crippen LogP contribution in [-0.2, 0) is 17.6 Å². The predicted molar refractivity (Wildman–Crippen MR) is 166 cm³/mol. The highest BCUT2D eigenvalue weighted by Gasteiger charge is 2.29. The summed E-state index contributed by atoms with van der Waals surface area (Å²) in [5.41, 5.74) is 7.65. The maximum absolute atomic E-state index is 13.8. The minimum Gasteiger partial charge on any atom is -0.322 e. The third-order valence-electron chi connectivity index (χ3n) is 7.29. The lowest BCUT2D eigenvalue weighted by Gasteiger charge is -2.14. The fraction of sp³-hybridized carbons (Fsp3) is 0.219. The highest BCUT2D eigenvalue weighted by Crippen LogP contribution is 2.40. The van der Waals surface area contributed by atoms with E-state index in [4.69, 9.17) is 0 Å². The summed E-state index contributed by atoms with van der Waals surface area (Å²) in [6, 6.07) is 19.6. The molecule has 4 aromatic rings. The van der Waals surface area contributed by atoms with Crippen LogP contribution in [0.4, 0.5) is 11.4 Å². The Morgan fingerprint density at radius 2 is 1.77 bits per heavy atom. The molecule has 40 heavy (non-hydrogen) atoms. The number of amidine groups is 1. The molecule has 2 N–H and O–H groups in total. The molecule has 1 fully saturated rings. The molecule has 0 bridgehead atoms. The van der Waals surface area contributed by atoms with Gasteiger partial charge in [0.2, 0.25) is 0 Å². The zero-order valence-electron chi connectivity index (χ0n) is 22.7. The quantitative estimate of drug-likeness (QED) is 0.246. The van der Waals surface area contributed by atoms with Gasteiger partial charge in [0.15, 0.2) is 5.17 Å². The Labute approximate surface area is 242 Å². The molecule has 0 spiro atoms. The van der Waals surface area contributed by atoms with Gasteiger partial charge in [-0.15, -0.1) is 11.3 Å². The van der Waals surface area contributed by atoms with Crippen molar-refractivity contribution in [1.29, 1.82) is 0 Å². The van der Waals surface area contributed by atoms with Crippen molar-refractivity contribution in [3.8, 4) is 5.00 Å². The molecule has 8 heteroatoms. The molecule has 2 aromatic heterocycles. The van der Waals surface area contributed by atoms with Gasteiger partial charge in [-0.05, 0) is 106 Å². The first-order valence-corrected chi connectivity index (χ1v) is 15.1. The van der Waals surface area contributed by atoms with Crippen molar-refractivity contribution in [3.63, 3.8) is 0 Å². The lowest BCUT2D eigenvalue weighted by atomic mass is 9.95. The monoisotopic (exact) mass is 566 g/mol. The van der Waals surface area contributed by atoms with Crippen molar-refractivity contribution in [2.75, 3.05) is 5.32 Å². The largest absolute Gasteiger partial charge is 0.322 e. The maximum atomic E-state index is 13.8. The number of para-hydroxylation sites is 1. The number of anilines is 1. The highest BCUT2D eigenvalue weighted by atomic mass is 32.2. The van der Waals surface area contributed by atoms with Gasteiger partial charge in [0.1, 0.15) is 5.00 Å². The number of hydrogen-bond donors (Lipinski definition) is 2. The number of fused-ring (bicyclic) bond motifs is 1. The highest BCUT2D eigenvalue weighted by molar-refractivity contribution is 8.18. The summed E-state index contributed by atoms with van der Waals surface area (Å²) in [7, 11) is 0. The Morgan fingerprint density at radius 1 is 1.02 bits per heavy atom. The van der Waals surface area contributed by atoms with Crippen molar-refractivity contribution < 1.29 is 9.59 Å². The van der Waals surface area contributed by atoms with Crippen LogP contribution in [0.2, 0.25) is 0 Å². The first kappa shape index (κ1) is 26.3. The molecule has 0 unspecified atom stereocenters. The molecule has 0 radical (unpaired) electrons. The number of amides is 2. The second kappa shape index (κ2) is 10.9. The number of aryl methyl sites for hydroxylation is 3. The molecule has 0 atom stereocenters. The standard InChI is InChI=1S/C32H30N4O2S2/c1-19-13-15-24(16-14-19)33-30(38)28-25-11-7-8-12-26(25)39-31(28)36-20(2)17-22(21(36)3)18-27-29(37)35-32(40-27)34-23-9-5-4-6-10-23/h4-6,9-10,13-18H,7-8,11-12H2,1-3H3,(H,33,38)(H,34,35,37)/b27-18-. The lowest BCUT2D eigenvalue weighted by molar-refractivity contribution is -0.115. The fourth-order valence-electron chi connectivity index (χ4n) is 5.26. The molecule has 2 aliphatic rings. The third-order valence-corrected chi connectivity index (χ3v) is 9.47. The molecule has 6 rings (SSSR count). The van der Waals surface area contributed by atoms with Crippen LogP contribution in [0.15, 0.2) is 70.6 Å². The van der Waals surface area contributed by atoms with E-state index in [0.29, 0.717) is 10.1 Å². The van der Waals surface area contributed by atoms with E-state index in [2.05, 4.69) is 40.1 Å². The molecule has 2 amide bonds. The van der Waals surface area contributed by atoms with Crippen LogP contribution in [0.5, 0.6) is 0 Å². The third kappa shape index (κ3) is 5.17. The lowest BCUT2D eigenvalue weighted by Crippen LogP contribution is -2.19. The molecule has 1 saturated heterocycles. The minimum absolute atomic E-state index is 0.0712. The van der Waals surface area contributed by atoms with E-state index in [0.717, 1.165) is 70.1 Å². The second-order valence-electron chi connectivity index (χ2n) is 10.2. The number of benzene rings is 2. The first-order valence-electron chi connectivity index (χ1n) is 13.4. The van der Waals surface area contributed by atoms with E-state index in [-0.39, 0.29) is 11.8 Å². The zero-order valence-corrected chi connectivity index (χ0v) is 24.3. The number of thioether (sulfide) groups is 1. The number of carbonyl (C=O) groups excluding carboxylic acids is 2. The van der Waals surface area contributed by atoms with Gasteiger partial charge < -0.3 is 15.2 Å². The van der Waals surface area contributed by atoms with Gasteiger partial charge in [0.25, 0.3) is 11.8 Å². The Bertz CT molecular complexity index is 1680. The van der Waals surface area contributed by atoms with Gasteiger partial charge in [-0.3, -0.25) is 9.59 Å². The number of nitrogens with one attached hydrogen (secondary N) is 2. The molecule has 3 heterocycles. The number of carbonyl (C=O) groups is 2. The van der Waals surface area contributed by atoms with Crippen molar-refractivity contribution in [1.82, 2.24) is 9.88 Å². The van der Waals surface area contributed by atoms with Gasteiger partial charge in [0.05, 0.1) is 16.2 Å². The van der Waals surface area contributed by atoms with E-state index < -0.39 is 0 Å². The van der Waals surface area contributed by atoms with E-state index in [1.807, 2.05) is 67.6 Å². The van der Waals surface area contributed by atoms with Gasteiger partial charge in [-0.2, -0.15) is 0 Å². The van der Waals surface area contributed by atoms with E-state index in [1.165, 1.54) is 22.2 Å². The number of aromatic nitrogens is 1. The zero-order chi connectivity index (χ0) is 27.8. The number of nitrogens with zero attached hydrogens (tertiary/aromatic N) is 2. The van der Waals surface area contributed by atoms with Crippen LogP contribution in [0.3, 0.4) is 0 Å². The average Bonchev–Trinajstić information content (AvgIpc) is 3.58. The molecule has 2 aromatic carbocycles. The van der Waals surface area contributed by atoms with Gasteiger partial charge in [-0.25, -0.2) is 4.99 Å². The van der Waals surface area contributed by atoms with Crippen LogP contribution in [0.1, 0.15) is 56.2 Å². The Balaban J connectivity index is 1.36. The van der Waals surface area contributed by atoms with Gasteiger partial charge in [-0.1, -0.05) is 35.9 Å². The van der Waals surface area contributed by atoms with E-state index in [1.54, 1.807) is 11.3 Å². The fourth-order valence-corrected chi connectivity index (χ4v) is 7.59. The summed E-state index contributed by atoms with van der Waals surface area (Å²) in [5.74, 6) is -0.229. The number of thiophene rings is 1. The molecule has 0 saturated carbocycles. The molecule has 1 aliphatic heterocycles. The smallest absolute Gasteiger partial charge is 0.264 e. The Morgan fingerprint density at radius 3 is 2.55 bits per heavy atom. The van der Waals surface area contributed by atoms with Crippen molar-refractivity contribution >= 4 is 57.5 Å².